The summed E-state index contributed by atoms with van der Waals surface area (Å²) in [6.45, 7) is 0.513. The molecule has 0 aromatic heterocycles. The van der Waals surface area contributed by atoms with Crippen molar-refractivity contribution in [3.05, 3.63) is 27.7 Å². The van der Waals surface area contributed by atoms with E-state index in [1.54, 1.807) is 24.1 Å². The van der Waals surface area contributed by atoms with Gasteiger partial charge in [0.05, 0.1) is 18.9 Å². The van der Waals surface area contributed by atoms with Gasteiger partial charge < -0.3 is 9.84 Å². The Balaban J connectivity index is 2.95. The lowest BCUT2D eigenvalue weighted by molar-refractivity contribution is 0.127. The van der Waals surface area contributed by atoms with Gasteiger partial charge in [0, 0.05) is 17.6 Å². The van der Waals surface area contributed by atoms with Crippen LogP contribution >= 0.6 is 23.2 Å². The van der Waals surface area contributed by atoms with Crippen molar-refractivity contribution in [1.82, 2.24) is 4.90 Å². The summed E-state index contributed by atoms with van der Waals surface area (Å²) >= 11 is 12.0. The molecule has 3 nitrogen and oxygen atoms in total. The molecule has 0 aliphatic heterocycles. The van der Waals surface area contributed by atoms with E-state index in [0.29, 0.717) is 22.3 Å². The lowest BCUT2D eigenvalue weighted by Gasteiger charge is -2.15. The molecule has 15 heavy (non-hydrogen) atoms. The Hall–Kier alpha value is -0.480. The van der Waals surface area contributed by atoms with Gasteiger partial charge in [0.1, 0.15) is 5.75 Å². The van der Waals surface area contributed by atoms with Crippen LogP contribution in [0.25, 0.3) is 0 Å². The minimum atomic E-state index is -0.0278. The Morgan fingerprint density at radius 1 is 1.33 bits per heavy atom. The number of methoxy groups -OCH3 is 1. The fourth-order valence-electron chi connectivity index (χ4n) is 1.19. The molecule has 0 spiro atoms. The van der Waals surface area contributed by atoms with Gasteiger partial charge in [-0.25, -0.2) is 0 Å². The minimum Gasteiger partial charge on any atom is -0.495 e. The Kier molecular flexibility index (Phi) is 4.67. The smallest absolute Gasteiger partial charge is 0.138 e. The van der Waals surface area contributed by atoms with Crippen LogP contribution in [0, 0.1) is 0 Å². The number of ether oxygens (including phenoxy) is 1. The van der Waals surface area contributed by atoms with Crippen LogP contribution in [0.15, 0.2) is 12.1 Å². The van der Waals surface area contributed by atoms with E-state index in [-0.39, 0.29) is 6.73 Å². The van der Waals surface area contributed by atoms with Crippen LogP contribution in [0.2, 0.25) is 10.0 Å². The number of nitrogens with zero attached hydrogens (tertiary/aromatic N) is 1. The quantitative estimate of drug-likeness (QED) is 0.833. The number of hydrogen-bond acceptors (Lipinski definition) is 3. The van der Waals surface area contributed by atoms with Gasteiger partial charge in [-0.05, 0) is 18.7 Å². The van der Waals surface area contributed by atoms with E-state index in [4.69, 9.17) is 33.0 Å². The van der Waals surface area contributed by atoms with Crippen LogP contribution in [0.4, 0.5) is 0 Å². The Bertz CT molecular complexity index is 344. The molecule has 5 heteroatoms. The zero-order valence-corrected chi connectivity index (χ0v) is 10.1. The molecule has 0 saturated heterocycles. The predicted octanol–water partition coefficient (Wildman–Crippen LogP) is 2.38. The third-order valence-corrected chi connectivity index (χ3v) is 2.65. The lowest BCUT2D eigenvalue weighted by atomic mass is 10.2. The Morgan fingerprint density at radius 3 is 2.53 bits per heavy atom. The molecule has 0 atom stereocenters. The molecular weight excluding hydrogens is 237 g/mol. The zero-order chi connectivity index (χ0) is 11.4. The van der Waals surface area contributed by atoms with E-state index in [1.165, 1.54) is 7.11 Å². The van der Waals surface area contributed by atoms with E-state index in [2.05, 4.69) is 0 Å². The van der Waals surface area contributed by atoms with Crippen molar-refractivity contribution < 1.29 is 9.84 Å². The van der Waals surface area contributed by atoms with Crippen molar-refractivity contribution >= 4 is 23.2 Å². The van der Waals surface area contributed by atoms with Gasteiger partial charge in [0.2, 0.25) is 0 Å². The molecule has 0 saturated carbocycles. The molecule has 0 amide bonds. The number of rotatable bonds is 4. The molecule has 1 aromatic rings. The monoisotopic (exact) mass is 249 g/mol. The first-order valence-corrected chi connectivity index (χ1v) is 5.15. The van der Waals surface area contributed by atoms with Crippen LogP contribution in [0.5, 0.6) is 5.75 Å². The van der Waals surface area contributed by atoms with Gasteiger partial charge >= 0.3 is 0 Å². The molecule has 1 rings (SSSR count). The topological polar surface area (TPSA) is 32.7 Å². The standard InChI is InChI=1S/C10H13Cl2NO2/c1-13(6-14)5-7-3-9(12)10(15-2)4-8(7)11/h3-4,14H,5-6H2,1-2H3. The maximum absolute atomic E-state index is 8.88. The fourth-order valence-corrected chi connectivity index (χ4v) is 1.66. The number of benzene rings is 1. The molecule has 1 aromatic carbocycles. The maximum Gasteiger partial charge on any atom is 0.138 e. The van der Waals surface area contributed by atoms with Gasteiger partial charge in [-0.3, -0.25) is 4.90 Å². The Morgan fingerprint density at radius 2 is 2.00 bits per heavy atom. The number of hydrogen-bond donors (Lipinski definition) is 1. The minimum absolute atomic E-state index is 0.0278. The van der Waals surface area contributed by atoms with Crippen LogP contribution in [0.3, 0.4) is 0 Å². The molecule has 0 aliphatic rings. The first kappa shape index (κ1) is 12.6. The first-order valence-electron chi connectivity index (χ1n) is 4.39. The van der Waals surface area contributed by atoms with Gasteiger partial charge in [0.25, 0.3) is 0 Å². The molecule has 0 bridgehead atoms. The summed E-state index contributed by atoms with van der Waals surface area (Å²) in [6.07, 6.45) is 0. The number of aliphatic hydroxyl groups excluding tert-OH is 1. The van der Waals surface area contributed by atoms with Crippen LogP contribution in [0.1, 0.15) is 5.56 Å². The highest BCUT2D eigenvalue weighted by molar-refractivity contribution is 6.34. The highest BCUT2D eigenvalue weighted by Gasteiger charge is 2.09. The average Bonchev–Trinajstić information content (AvgIpc) is 2.22. The van der Waals surface area contributed by atoms with E-state index in [9.17, 15) is 0 Å². The number of halogens is 2. The van der Waals surface area contributed by atoms with Crippen molar-refractivity contribution in [2.45, 2.75) is 6.54 Å². The molecule has 1 N–H and O–H groups in total. The third-order valence-electron chi connectivity index (χ3n) is 2.00. The van der Waals surface area contributed by atoms with Crippen molar-refractivity contribution in [2.75, 3.05) is 20.9 Å². The summed E-state index contributed by atoms with van der Waals surface area (Å²) in [5, 5.41) is 9.98. The second kappa shape index (κ2) is 5.56. The molecular formula is C10H13Cl2NO2. The normalized spacial score (nSPS) is 10.8. The molecule has 0 heterocycles. The van der Waals surface area contributed by atoms with Gasteiger partial charge in [0.15, 0.2) is 0 Å². The van der Waals surface area contributed by atoms with Gasteiger partial charge in [-0.15, -0.1) is 0 Å². The SMILES string of the molecule is COc1cc(Cl)c(CN(C)CO)cc1Cl. The summed E-state index contributed by atoms with van der Waals surface area (Å²) in [4.78, 5) is 1.71. The first-order chi connectivity index (χ1) is 7.08. The molecule has 0 unspecified atom stereocenters. The number of aliphatic hydroxyl groups is 1. The van der Waals surface area contributed by atoms with E-state index >= 15 is 0 Å². The molecule has 84 valence electrons. The highest BCUT2D eigenvalue weighted by atomic mass is 35.5. The maximum atomic E-state index is 8.88. The molecule has 0 radical (unpaired) electrons. The van der Waals surface area contributed by atoms with Crippen LogP contribution in [-0.4, -0.2) is 30.9 Å². The van der Waals surface area contributed by atoms with Gasteiger partial charge in [-0.1, -0.05) is 23.2 Å². The average molecular weight is 250 g/mol. The fraction of sp³-hybridized carbons (Fsp3) is 0.400. The summed E-state index contributed by atoms with van der Waals surface area (Å²) in [5.74, 6) is 0.553. The van der Waals surface area contributed by atoms with Crippen molar-refractivity contribution in [3.8, 4) is 5.75 Å². The second-order valence-corrected chi connectivity index (χ2v) is 4.05. The highest BCUT2D eigenvalue weighted by Crippen LogP contribution is 2.31. The van der Waals surface area contributed by atoms with E-state index in [0.717, 1.165) is 5.56 Å². The Labute approximate surface area is 99.2 Å². The van der Waals surface area contributed by atoms with Crippen LogP contribution in [-0.2, 0) is 6.54 Å². The zero-order valence-electron chi connectivity index (χ0n) is 8.63. The second-order valence-electron chi connectivity index (χ2n) is 3.23. The lowest BCUT2D eigenvalue weighted by Crippen LogP contribution is -2.18. The van der Waals surface area contributed by atoms with Crippen LogP contribution < -0.4 is 4.74 Å². The van der Waals surface area contributed by atoms with Crippen molar-refractivity contribution in [3.63, 3.8) is 0 Å². The van der Waals surface area contributed by atoms with Gasteiger partial charge in [-0.2, -0.15) is 0 Å². The van der Waals surface area contributed by atoms with Crippen molar-refractivity contribution in [1.29, 1.82) is 0 Å². The molecule has 0 aliphatic carbocycles. The summed E-state index contributed by atoms with van der Waals surface area (Å²) < 4.78 is 5.03. The third kappa shape index (κ3) is 3.24. The van der Waals surface area contributed by atoms with Crippen molar-refractivity contribution in [2.24, 2.45) is 0 Å². The summed E-state index contributed by atoms with van der Waals surface area (Å²) in [6, 6.07) is 3.42. The van der Waals surface area contributed by atoms with E-state index < -0.39 is 0 Å². The predicted molar refractivity (Wildman–Crippen MR) is 61.6 cm³/mol. The molecule has 0 fully saturated rings. The summed E-state index contributed by atoms with van der Waals surface area (Å²) in [5.41, 5.74) is 0.860. The summed E-state index contributed by atoms with van der Waals surface area (Å²) in [7, 11) is 3.32. The largest absolute Gasteiger partial charge is 0.495 e. The van der Waals surface area contributed by atoms with E-state index in [1.807, 2.05) is 0 Å².